The van der Waals surface area contributed by atoms with E-state index in [2.05, 4.69) is 11.4 Å². The molecule has 3 N–H and O–H groups in total. The Labute approximate surface area is 90.9 Å². The average molecular weight is 202 g/mol. The SMILES string of the molecule is Nc1ccccc1NCC1(C2CC2)CC1. The van der Waals surface area contributed by atoms with Gasteiger partial charge in [0.15, 0.2) is 0 Å². The van der Waals surface area contributed by atoms with Gasteiger partial charge >= 0.3 is 0 Å². The van der Waals surface area contributed by atoms with Gasteiger partial charge in [-0.25, -0.2) is 0 Å². The Kier molecular flexibility index (Phi) is 1.91. The first kappa shape index (κ1) is 9.08. The van der Waals surface area contributed by atoms with Gasteiger partial charge in [0.25, 0.3) is 0 Å². The van der Waals surface area contributed by atoms with Crippen molar-refractivity contribution >= 4 is 11.4 Å². The van der Waals surface area contributed by atoms with E-state index in [1.54, 1.807) is 0 Å². The van der Waals surface area contributed by atoms with Crippen molar-refractivity contribution in [2.75, 3.05) is 17.6 Å². The fourth-order valence-corrected chi connectivity index (χ4v) is 2.51. The summed E-state index contributed by atoms with van der Waals surface area (Å²) in [5.74, 6) is 1.01. The highest BCUT2D eigenvalue weighted by atomic mass is 14.9. The third-order valence-corrected chi connectivity index (χ3v) is 3.93. The van der Waals surface area contributed by atoms with Gasteiger partial charge in [-0.15, -0.1) is 0 Å². The minimum atomic E-state index is 0.641. The van der Waals surface area contributed by atoms with E-state index in [4.69, 9.17) is 5.73 Å². The standard InChI is InChI=1S/C13H18N2/c14-11-3-1-2-4-12(11)15-9-13(7-8-13)10-5-6-10/h1-4,10,15H,5-9,14H2. The molecule has 0 atom stereocenters. The number of nitrogen functional groups attached to an aromatic ring is 1. The predicted octanol–water partition coefficient (Wildman–Crippen LogP) is 2.87. The van der Waals surface area contributed by atoms with Crippen LogP contribution in [0.25, 0.3) is 0 Å². The molecule has 0 aromatic heterocycles. The number of anilines is 2. The lowest BCUT2D eigenvalue weighted by Crippen LogP contribution is -2.17. The molecule has 2 heteroatoms. The van der Waals surface area contributed by atoms with Gasteiger partial charge in [0.1, 0.15) is 0 Å². The second kappa shape index (κ2) is 3.16. The maximum atomic E-state index is 5.90. The van der Waals surface area contributed by atoms with Gasteiger partial charge in [-0.05, 0) is 49.1 Å². The van der Waals surface area contributed by atoms with Gasteiger partial charge in [-0.2, -0.15) is 0 Å². The monoisotopic (exact) mass is 202 g/mol. The van der Waals surface area contributed by atoms with Crippen molar-refractivity contribution in [3.8, 4) is 0 Å². The van der Waals surface area contributed by atoms with E-state index in [0.29, 0.717) is 5.41 Å². The lowest BCUT2D eigenvalue weighted by molar-refractivity contribution is 0.467. The molecule has 1 aromatic carbocycles. The summed E-state index contributed by atoms with van der Waals surface area (Å²) in [4.78, 5) is 0. The van der Waals surface area contributed by atoms with Crippen molar-refractivity contribution in [1.29, 1.82) is 0 Å². The van der Waals surface area contributed by atoms with Crippen molar-refractivity contribution in [3.05, 3.63) is 24.3 Å². The second-order valence-corrected chi connectivity index (χ2v) is 5.08. The van der Waals surface area contributed by atoms with Gasteiger partial charge in [-0.3, -0.25) is 0 Å². The Morgan fingerprint density at radius 1 is 1.27 bits per heavy atom. The molecule has 1 aromatic rings. The van der Waals surface area contributed by atoms with Gasteiger partial charge in [0, 0.05) is 6.54 Å². The van der Waals surface area contributed by atoms with Gasteiger partial charge in [-0.1, -0.05) is 12.1 Å². The molecule has 0 bridgehead atoms. The molecule has 0 spiro atoms. The molecule has 0 amide bonds. The minimum absolute atomic E-state index is 0.641. The lowest BCUT2D eigenvalue weighted by Gasteiger charge is -2.16. The molecule has 2 saturated carbocycles. The molecule has 0 heterocycles. The van der Waals surface area contributed by atoms with E-state index in [9.17, 15) is 0 Å². The van der Waals surface area contributed by atoms with Gasteiger partial charge < -0.3 is 11.1 Å². The molecule has 2 fully saturated rings. The van der Waals surface area contributed by atoms with Crippen LogP contribution < -0.4 is 11.1 Å². The summed E-state index contributed by atoms with van der Waals surface area (Å²) in [7, 11) is 0. The zero-order chi connectivity index (χ0) is 10.3. The molecule has 2 aliphatic carbocycles. The van der Waals surface area contributed by atoms with Crippen LogP contribution >= 0.6 is 0 Å². The second-order valence-electron chi connectivity index (χ2n) is 5.08. The molecule has 3 rings (SSSR count). The van der Waals surface area contributed by atoms with Crippen molar-refractivity contribution in [2.24, 2.45) is 11.3 Å². The van der Waals surface area contributed by atoms with Crippen LogP contribution in [0.1, 0.15) is 25.7 Å². The summed E-state index contributed by atoms with van der Waals surface area (Å²) in [6.45, 7) is 1.12. The van der Waals surface area contributed by atoms with Crippen LogP contribution in [-0.2, 0) is 0 Å². The first-order valence-electron chi connectivity index (χ1n) is 5.89. The van der Waals surface area contributed by atoms with Gasteiger partial charge in [0.2, 0.25) is 0 Å². The maximum absolute atomic E-state index is 5.90. The summed E-state index contributed by atoms with van der Waals surface area (Å²) in [6, 6.07) is 8.04. The fourth-order valence-electron chi connectivity index (χ4n) is 2.51. The van der Waals surface area contributed by atoms with Crippen LogP contribution in [-0.4, -0.2) is 6.54 Å². The third kappa shape index (κ3) is 1.69. The first-order chi connectivity index (χ1) is 7.30. The first-order valence-corrected chi connectivity index (χ1v) is 5.89. The van der Waals surface area contributed by atoms with Crippen LogP contribution in [0.2, 0.25) is 0 Å². The van der Waals surface area contributed by atoms with Crippen molar-refractivity contribution in [3.63, 3.8) is 0 Å². The summed E-state index contributed by atoms with van der Waals surface area (Å²) < 4.78 is 0. The molecule has 15 heavy (non-hydrogen) atoms. The molecule has 2 nitrogen and oxygen atoms in total. The Hall–Kier alpha value is -1.18. The normalized spacial score (nSPS) is 22.4. The molecular weight excluding hydrogens is 184 g/mol. The Morgan fingerprint density at radius 2 is 2.00 bits per heavy atom. The summed E-state index contributed by atoms with van der Waals surface area (Å²) in [5.41, 5.74) is 8.51. The summed E-state index contributed by atoms with van der Waals surface area (Å²) in [5, 5.41) is 3.51. The number of hydrogen-bond acceptors (Lipinski definition) is 2. The van der Waals surface area contributed by atoms with Crippen LogP contribution in [0.4, 0.5) is 11.4 Å². The number of nitrogens with two attached hydrogens (primary N) is 1. The van der Waals surface area contributed by atoms with Gasteiger partial charge in [0.05, 0.1) is 11.4 Å². The van der Waals surface area contributed by atoms with E-state index < -0.39 is 0 Å². The van der Waals surface area contributed by atoms with E-state index in [-0.39, 0.29) is 0 Å². The largest absolute Gasteiger partial charge is 0.397 e. The molecule has 0 aliphatic heterocycles. The smallest absolute Gasteiger partial charge is 0.0574 e. The predicted molar refractivity (Wildman–Crippen MR) is 63.7 cm³/mol. The van der Waals surface area contributed by atoms with Crippen LogP contribution in [0.3, 0.4) is 0 Å². The van der Waals surface area contributed by atoms with E-state index >= 15 is 0 Å². The van der Waals surface area contributed by atoms with Crippen LogP contribution in [0, 0.1) is 11.3 Å². The van der Waals surface area contributed by atoms with Crippen molar-refractivity contribution < 1.29 is 0 Å². The molecule has 2 aliphatic rings. The highest BCUT2D eigenvalue weighted by Crippen LogP contribution is 2.61. The number of benzene rings is 1. The quantitative estimate of drug-likeness (QED) is 0.737. The number of nitrogens with one attached hydrogen (secondary N) is 1. The minimum Gasteiger partial charge on any atom is -0.397 e. The van der Waals surface area contributed by atoms with Crippen LogP contribution in [0.5, 0.6) is 0 Å². The van der Waals surface area contributed by atoms with E-state index in [1.807, 2.05) is 18.2 Å². The number of para-hydroxylation sites is 2. The number of hydrogen-bond donors (Lipinski definition) is 2. The highest BCUT2D eigenvalue weighted by Gasteiger charge is 2.53. The topological polar surface area (TPSA) is 38.0 Å². The summed E-state index contributed by atoms with van der Waals surface area (Å²) in [6.07, 6.45) is 5.73. The third-order valence-electron chi connectivity index (χ3n) is 3.93. The Balaban J connectivity index is 1.64. The zero-order valence-electron chi connectivity index (χ0n) is 9.00. The zero-order valence-corrected chi connectivity index (χ0v) is 9.00. The average Bonchev–Trinajstić information content (AvgIpc) is 3.10. The molecule has 80 valence electrons. The molecule has 0 radical (unpaired) electrons. The van der Waals surface area contributed by atoms with Crippen molar-refractivity contribution in [1.82, 2.24) is 0 Å². The molecule has 0 unspecified atom stereocenters. The van der Waals surface area contributed by atoms with Crippen LogP contribution in [0.15, 0.2) is 24.3 Å². The maximum Gasteiger partial charge on any atom is 0.0574 e. The van der Waals surface area contributed by atoms with E-state index in [0.717, 1.165) is 23.8 Å². The summed E-state index contributed by atoms with van der Waals surface area (Å²) >= 11 is 0. The molecule has 0 saturated heterocycles. The Morgan fingerprint density at radius 3 is 2.60 bits per heavy atom. The molecular formula is C13H18N2. The lowest BCUT2D eigenvalue weighted by atomic mass is 10.0. The van der Waals surface area contributed by atoms with Crippen molar-refractivity contribution in [2.45, 2.75) is 25.7 Å². The highest BCUT2D eigenvalue weighted by molar-refractivity contribution is 5.65. The number of rotatable bonds is 4. The van der Waals surface area contributed by atoms with E-state index in [1.165, 1.54) is 25.7 Å². The fraction of sp³-hybridized carbons (Fsp3) is 0.538. The Bertz CT molecular complexity index is 365.